The number of carbonyl (C=O) groups excluding carboxylic acids is 4. The Kier molecular flexibility index (Phi) is 9.70. The summed E-state index contributed by atoms with van der Waals surface area (Å²) in [5.41, 5.74) is 2.19. The van der Waals surface area contributed by atoms with Crippen molar-refractivity contribution in [3.05, 3.63) is 71.8 Å². The fourth-order valence-electron chi connectivity index (χ4n) is 5.33. The van der Waals surface area contributed by atoms with Crippen LogP contribution in [-0.2, 0) is 32.1 Å². The zero-order chi connectivity index (χ0) is 27.8. The van der Waals surface area contributed by atoms with Gasteiger partial charge >= 0.3 is 0 Å². The van der Waals surface area contributed by atoms with E-state index >= 15 is 0 Å². The first-order valence-electron chi connectivity index (χ1n) is 13.8. The fourth-order valence-corrected chi connectivity index (χ4v) is 5.33. The molecule has 0 radical (unpaired) electrons. The minimum absolute atomic E-state index is 0.122. The third-order valence-corrected chi connectivity index (χ3v) is 7.54. The first-order chi connectivity index (χ1) is 18.8. The Balaban J connectivity index is 1.37. The highest BCUT2D eigenvalue weighted by Crippen LogP contribution is 2.18. The molecular formula is C30H39N5O4. The summed E-state index contributed by atoms with van der Waals surface area (Å²) in [4.78, 5) is 57.2. The number of likely N-dealkylation sites (tertiary alicyclic amines) is 1. The van der Waals surface area contributed by atoms with Crippen molar-refractivity contribution in [2.24, 2.45) is 0 Å². The second kappa shape index (κ2) is 13.4. The topological polar surface area (TPSA) is 102 Å². The number of benzene rings is 2. The molecule has 2 heterocycles. The Hall–Kier alpha value is -3.72. The van der Waals surface area contributed by atoms with Gasteiger partial charge in [-0.15, -0.1) is 0 Å². The van der Waals surface area contributed by atoms with Gasteiger partial charge < -0.3 is 20.4 Å². The van der Waals surface area contributed by atoms with Gasteiger partial charge in [-0.1, -0.05) is 60.7 Å². The van der Waals surface area contributed by atoms with Crippen LogP contribution in [0, 0.1) is 0 Å². The molecule has 2 aromatic rings. The fraction of sp³-hybridized carbons (Fsp3) is 0.467. The summed E-state index contributed by atoms with van der Waals surface area (Å²) in [5, 5.41) is 5.65. The molecule has 9 nitrogen and oxygen atoms in total. The van der Waals surface area contributed by atoms with E-state index in [0.29, 0.717) is 32.5 Å². The van der Waals surface area contributed by atoms with E-state index in [4.69, 9.17) is 0 Å². The standard InChI is InChI=1S/C30H39N5O4/c1-22(31-29(38)27-14-9-15-35(27)23(2)36)28(37)32-26(20-24-10-5-3-6-11-24)30(39)34-18-16-33(17-19-34)21-25-12-7-4-8-13-25/h3-8,10-13,22,26-27H,9,14-21H2,1-2H3,(H,31,38)(H,32,37). The van der Waals surface area contributed by atoms with Crippen LogP contribution in [0.25, 0.3) is 0 Å². The van der Waals surface area contributed by atoms with Gasteiger partial charge in [0.2, 0.25) is 23.6 Å². The number of hydrogen-bond donors (Lipinski definition) is 2. The molecule has 2 aromatic carbocycles. The molecule has 2 N–H and O–H groups in total. The van der Waals surface area contributed by atoms with Crippen molar-refractivity contribution in [2.75, 3.05) is 32.7 Å². The molecular weight excluding hydrogens is 494 g/mol. The molecule has 39 heavy (non-hydrogen) atoms. The van der Waals surface area contributed by atoms with Crippen LogP contribution in [0.3, 0.4) is 0 Å². The van der Waals surface area contributed by atoms with Crippen LogP contribution < -0.4 is 10.6 Å². The maximum Gasteiger partial charge on any atom is 0.245 e. The zero-order valence-corrected chi connectivity index (χ0v) is 22.8. The number of carbonyl (C=O) groups is 4. The minimum Gasteiger partial charge on any atom is -0.343 e. The van der Waals surface area contributed by atoms with Gasteiger partial charge in [0.1, 0.15) is 18.1 Å². The molecule has 0 aromatic heterocycles. The third-order valence-electron chi connectivity index (χ3n) is 7.54. The van der Waals surface area contributed by atoms with Crippen molar-refractivity contribution in [1.82, 2.24) is 25.3 Å². The summed E-state index contributed by atoms with van der Waals surface area (Å²) in [6.45, 7) is 7.12. The SMILES string of the molecule is CC(=O)N1CCCC1C(=O)NC(C)C(=O)NC(Cc1ccccc1)C(=O)N1CCN(Cc2ccccc2)CC1. The van der Waals surface area contributed by atoms with Gasteiger partial charge in [-0.3, -0.25) is 24.1 Å². The average Bonchev–Trinajstić information content (AvgIpc) is 3.45. The van der Waals surface area contributed by atoms with E-state index in [1.807, 2.05) is 53.4 Å². The van der Waals surface area contributed by atoms with E-state index in [-0.39, 0.29) is 17.7 Å². The Morgan fingerprint density at radius 1 is 0.846 bits per heavy atom. The van der Waals surface area contributed by atoms with Gasteiger partial charge in [-0.05, 0) is 30.9 Å². The summed E-state index contributed by atoms with van der Waals surface area (Å²) >= 11 is 0. The zero-order valence-electron chi connectivity index (χ0n) is 22.8. The van der Waals surface area contributed by atoms with E-state index < -0.39 is 24.0 Å². The smallest absolute Gasteiger partial charge is 0.245 e. The van der Waals surface area contributed by atoms with Crippen molar-refractivity contribution in [3.63, 3.8) is 0 Å². The molecule has 2 saturated heterocycles. The predicted molar refractivity (Wildman–Crippen MR) is 148 cm³/mol. The molecule has 3 unspecified atom stereocenters. The molecule has 4 amide bonds. The van der Waals surface area contributed by atoms with E-state index in [9.17, 15) is 19.2 Å². The van der Waals surface area contributed by atoms with Gasteiger partial charge in [0.25, 0.3) is 0 Å². The number of piperazine rings is 1. The Bertz CT molecular complexity index is 1130. The Morgan fingerprint density at radius 3 is 2.08 bits per heavy atom. The molecule has 2 aliphatic rings. The summed E-state index contributed by atoms with van der Waals surface area (Å²) in [5.74, 6) is -1.04. The van der Waals surface area contributed by atoms with Crippen LogP contribution in [0.5, 0.6) is 0 Å². The van der Waals surface area contributed by atoms with Crippen molar-refractivity contribution in [3.8, 4) is 0 Å². The van der Waals surface area contributed by atoms with Crippen molar-refractivity contribution in [2.45, 2.75) is 57.8 Å². The van der Waals surface area contributed by atoms with Gasteiger partial charge in [-0.2, -0.15) is 0 Å². The number of nitrogens with zero attached hydrogens (tertiary/aromatic N) is 3. The molecule has 2 aliphatic heterocycles. The maximum atomic E-state index is 13.6. The number of hydrogen-bond acceptors (Lipinski definition) is 5. The molecule has 4 rings (SSSR count). The van der Waals surface area contributed by atoms with E-state index in [0.717, 1.165) is 31.6 Å². The molecule has 2 fully saturated rings. The largest absolute Gasteiger partial charge is 0.343 e. The lowest BCUT2D eigenvalue weighted by molar-refractivity contribution is -0.140. The summed E-state index contributed by atoms with van der Waals surface area (Å²) in [7, 11) is 0. The Labute approximate surface area is 230 Å². The van der Waals surface area contributed by atoms with Crippen LogP contribution in [0.1, 0.15) is 37.8 Å². The maximum absolute atomic E-state index is 13.6. The lowest BCUT2D eigenvalue weighted by Crippen LogP contribution is -2.58. The van der Waals surface area contributed by atoms with E-state index in [2.05, 4.69) is 27.7 Å². The number of amides is 4. The summed E-state index contributed by atoms with van der Waals surface area (Å²) in [6.07, 6.45) is 1.69. The van der Waals surface area contributed by atoms with Crippen LogP contribution >= 0.6 is 0 Å². The highest BCUT2D eigenvalue weighted by atomic mass is 16.2. The lowest BCUT2D eigenvalue weighted by Gasteiger charge is -2.36. The highest BCUT2D eigenvalue weighted by molar-refractivity contribution is 5.94. The molecule has 0 spiro atoms. The van der Waals surface area contributed by atoms with E-state index in [1.54, 1.807) is 11.8 Å². The van der Waals surface area contributed by atoms with Crippen LogP contribution in [0.2, 0.25) is 0 Å². The normalized spacial score (nSPS) is 19.3. The quantitative estimate of drug-likeness (QED) is 0.510. The van der Waals surface area contributed by atoms with Crippen molar-refractivity contribution in [1.29, 1.82) is 0 Å². The van der Waals surface area contributed by atoms with Gasteiger partial charge in [0.05, 0.1) is 0 Å². The molecule has 0 bridgehead atoms. The molecule has 208 valence electrons. The van der Waals surface area contributed by atoms with Crippen LogP contribution in [-0.4, -0.2) is 89.2 Å². The van der Waals surface area contributed by atoms with Crippen LogP contribution in [0.15, 0.2) is 60.7 Å². The monoisotopic (exact) mass is 533 g/mol. The van der Waals surface area contributed by atoms with Crippen molar-refractivity contribution < 1.29 is 19.2 Å². The van der Waals surface area contributed by atoms with Gasteiger partial charge in [0.15, 0.2) is 0 Å². The second-order valence-electron chi connectivity index (χ2n) is 10.4. The summed E-state index contributed by atoms with van der Waals surface area (Å²) < 4.78 is 0. The average molecular weight is 534 g/mol. The first-order valence-corrected chi connectivity index (χ1v) is 13.8. The molecule has 0 aliphatic carbocycles. The van der Waals surface area contributed by atoms with Gasteiger partial charge in [0, 0.05) is 52.6 Å². The predicted octanol–water partition coefficient (Wildman–Crippen LogP) is 1.57. The highest BCUT2D eigenvalue weighted by Gasteiger charge is 2.35. The summed E-state index contributed by atoms with van der Waals surface area (Å²) in [6, 6.07) is 17.7. The first kappa shape index (κ1) is 28.3. The van der Waals surface area contributed by atoms with Crippen LogP contribution in [0.4, 0.5) is 0 Å². The molecule has 0 saturated carbocycles. The Morgan fingerprint density at radius 2 is 1.46 bits per heavy atom. The molecule has 9 heteroatoms. The number of rotatable bonds is 9. The van der Waals surface area contributed by atoms with E-state index in [1.165, 1.54) is 12.5 Å². The van der Waals surface area contributed by atoms with Gasteiger partial charge in [-0.25, -0.2) is 0 Å². The molecule has 3 atom stereocenters. The second-order valence-corrected chi connectivity index (χ2v) is 10.4. The number of nitrogens with one attached hydrogen (secondary N) is 2. The lowest BCUT2D eigenvalue weighted by atomic mass is 10.0. The van der Waals surface area contributed by atoms with Crippen molar-refractivity contribution >= 4 is 23.6 Å². The minimum atomic E-state index is -0.847. The third kappa shape index (κ3) is 7.66.